The number of para-hydroxylation sites is 1. The van der Waals surface area contributed by atoms with Gasteiger partial charge in [0.15, 0.2) is 0 Å². The molecule has 0 radical (unpaired) electrons. The van der Waals surface area contributed by atoms with E-state index in [-0.39, 0.29) is 5.56 Å². The number of nitrogens with two attached hydrogens (primary N) is 1. The number of unbranched alkanes of at least 4 members (excludes halogenated alkanes) is 1. The van der Waals surface area contributed by atoms with Gasteiger partial charge in [0.25, 0.3) is 5.56 Å². The molecule has 2 aromatic rings. The Kier molecular flexibility index (Phi) is 8.95. The number of aromatic nitrogens is 2. The molecule has 0 unspecified atom stereocenters. The third-order valence-electron chi connectivity index (χ3n) is 2.98. The number of rotatable bonds is 7. The van der Waals surface area contributed by atoms with Gasteiger partial charge in [-0.05, 0) is 31.5 Å². The number of hydrogen-bond donors (Lipinski definition) is 2. The van der Waals surface area contributed by atoms with Crippen molar-refractivity contribution in [3.8, 4) is 5.69 Å². The summed E-state index contributed by atoms with van der Waals surface area (Å²) < 4.78 is 7.01. The molecule has 1 heterocycles. The van der Waals surface area contributed by atoms with E-state index in [9.17, 15) is 4.79 Å². The summed E-state index contributed by atoms with van der Waals surface area (Å²) in [6, 6.07) is 11.1. The minimum atomic E-state index is -0.0599. The molecular formula is C17H27N3O2. The van der Waals surface area contributed by atoms with Crippen molar-refractivity contribution in [1.29, 1.82) is 0 Å². The zero-order valence-corrected chi connectivity index (χ0v) is 13.5. The molecule has 122 valence electrons. The van der Waals surface area contributed by atoms with Crippen molar-refractivity contribution in [3.05, 3.63) is 52.4 Å². The van der Waals surface area contributed by atoms with Gasteiger partial charge in [-0.3, -0.25) is 9.89 Å². The zero-order chi connectivity index (χ0) is 16.2. The van der Waals surface area contributed by atoms with Crippen LogP contribution in [0.15, 0.2) is 41.2 Å². The van der Waals surface area contributed by atoms with Crippen LogP contribution in [0, 0.1) is 0 Å². The lowest BCUT2D eigenvalue weighted by Gasteiger charge is -2.02. The highest BCUT2D eigenvalue weighted by Gasteiger charge is 2.04. The molecule has 0 spiro atoms. The van der Waals surface area contributed by atoms with Crippen molar-refractivity contribution in [1.82, 2.24) is 9.78 Å². The summed E-state index contributed by atoms with van der Waals surface area (Å²) in [5, 5.41) is 3.05. The van der Waals surface area contributed by atoms with Crippen LogP contribution in [0.2, 0.25) is 0 Å². The van der Waals surface area contributed by atoms with E-state index in [1.165, 1.54) is 4.68 Å². The molecule has 0 saturated heterocycles. The quantitative estimate of drug-likeness (QED) is 0.773. The Morgan fingerprint density at radius 2 is 1.86 bits per heavy atom. The van der Waals surface area contributed by atoms with Crippen LogP contribution in [0.5, 0.6) is 0 Å². The fourth-order valence-corrected chi connectivity index (χ4v) is 1.72. The first-order chi connectivity index (χ1) is 10.7. The molecule has 0 amide bonds. The Labute approximate surface area is 132 Å². The molecule has 0 bridgehead atoms. The lowest BCUT2D eigenvalue weighted by atomic mass is 10.3. The first-order valence-corrected chi connectivity index (χ1v) is 7.87. The summed E-state index contributed by atoms with van der Waals surface area (Å²) in [4.78, 5) is 11.8. The summed E-state index contributed by atoms with van der Waals surface area (Å²) in [5.41, 5.74) is 6.61. The average molecular weight is 305 g/mol. The Bertz CT molecular complexity index is 559. The van der Waals surface area contributed by atoms with Gasteiger partial charge < -0.3 is 10.5 Å². The van der Waals surface area contributed by atoms with Crippen molar-refractivity contribution >= 4 is 0 Å². The largest absolute Gasteiger partial charge is 0.375 e. The topological polar surface area (TPSA) is 73.0 Å². The molecule has 0 atom stereocenters. The number of nitrogens with zero attached hydrogens (tertiary/aromatic N) is 1. The van der Waals surface area contributed by atoms with Crippen LogP contribution in [0.1, 0.15) is 38.8 Å². The first-order valence-electron chi connectivity index (χ1n) is 7.87. The van der Waals surface area contributed by atoms with Gasteiger partial charge in [0.2, 0.25) is 0 Å². The van der Waals surface area contributed by atoms with Gasteiger partial charge in [-0.2, -0.15) is 0 Å². The van der Waals surface area contributed by atoms with E-state index >= 15 is 0 Å². The molecule has 22 heavy (non-hydrogen) atoms. The van der Waals surface area contributed by atoms with Crippen LogP contribution < -0.4 is 11.3 Å². The van der Waals surface area contributed by atoms with Crippen molar-refractivity contribution < 1.29 is 4.74 Å². The lowest BCUT2D eigenvalue weighted by molar-refractivity contribution is 0.115. The third-order valence-corrected chi connectivity index (χ3v) is 2.98. The maximum atomic E-state index is 11.8. The van der Waals surface area contributed by atoms with E-state index in [2.05, 4.69) is 18.9 Å². The minimum absolute atomic E-state index is 0.0599. The van der Waals surface area contributed by atoms with E-state index in [4.69, 9.17) is 10.5 Å². The van der Waals surface area contributed by atoms with Crippen LogP contribution in [0.3, 0.4) is 0 Å². The van der Waals surface area contributed by atoms with E-state index in [0.717, 1.165) is 43.8 Å². The highest BCUT2D eigenvalue weighted by Crippen LogP contribution is 2.04. The molecule has 3 N–H and O–H groups in total. The van der Waals surface area contributed by atoms with Crippen LogP contribution in [-0.4, -0.2) is 22.9 Å². The number of ether oxygens (including phenoxy) is 1. The van der Waals surface area contributed by atoms with Gasteiger partial charge in [-0.25, -0.2) is 4.68 Å². The second-order valence-corrected chi connectivity index (χ2v) is 4.99. The fourth-order valence-electron chi connectivity index (χ4n) is 1.72. The average Bonchev–Trinajstić information content (AvgIpc) is 2.93. The number of H-pyrrole nitrogens is 1. The minimum Gasteiger partial charge on any atom is -0.375 e. The summed E-state index contributed by atoms with van der Waals surface area (Å²) in [6.45, 7) is 6.18. The van der Waals surface area contributed by atoms with Gasteiger partial charge in [-0.15, -0.1) is 0 Å². The molecule has 5 nitrogen and oxygen atoms in total. The Morgan fingerprint density at radius 1 is 1.18 bits per heavy atom. The van der Waals surface area contributed by atoms with Gasteiger partial charge >= 0.3 is 0 Å². The number of nitrogens with one attached hydrogen (secondary N) is 1. The van der Waals surface area contributed by atoms with Crippen LogP contribution in [0.4, 0.5) is 0 Å². The van der Waals surface area contributed by atoms with Gasteiger partial charge in [0.05, 0.1) is 18.0 Å². The number of aromatic amines is 1. The maximum Gasteiger partial charge on any atom is 0.271 e. The molecule has 1 aromatic carbocycles. The van der Waals surface area contributed by atoms with Gasteiger partial charge in [-0.1, -0.05) is 38.5 Å². The van der Waals surface area contributed by atoms with Gasteiger partial charge in [0, 0.05) is 12.7 Å². The molecule has 5 heteroatoms. The van der Waals surface area contributed by atoms with E-state index < -0.39 is 0 Å². The molecule has 0 saturated carbocycles. The predicted molar refractivity (Wildman–Crippen MR) is 90.3 cm³/mol. The number of benzene rings is 1. The van der Waals surface area contributed by atoms with E-state index in [1.807, 2.05) is 30.3 Å². The normalized spacial score (nSPS) is 10.1. The summed E-state index contributed by atoms with van der Waals surface area (Å²) in [7, 11) is 0. The van der Waals surface area contributed by atoms with Crippen LogP contribution in [0.25, 0.3) is 5.69 Å². The molecule has 0 aliphatic heterocycles. The van der Waals surface area contributed by atoms with E-state index in [1.54, 1.807) is 6.07 Å². The van der Waals surface area contributed by atoms with Crippen molar-refractivity contribution in [2.75, 3.05) is 13.2 Å². The SMILES string of the molecule is CCCCOCc1cc(=O)n(-c2ccccc2)[nH]1.CCCN. The molecule has 0 fully saturated rings. The Morgan fingerprint density at radius 3 is 2.45 bits per heavy atom. The van der Waals surface area contributed by atoms with E-state index in [0.29, 0.717) is 6.61 Å². The maximum absolute atomic E-state index is 11.8. The zero-order valence-electron chi connectivity index (χ0n) is 13.5. The third kappa shape index (κ3) is 6.28. The van der Waals surface area contributed by atoms with Crippen LogP contribution >= 0.6 is 0 Å². The standard InChI is InChI=1S/C14H18N2O2.C3H9N/c1-2-3-9-18-11-12-10-14(17)16(15-12)13-7-5-4-6-8-13;1-2-3-4/h4-8,10,15H,2-3,9,11H2,1H3;2-4H2,1H3. The fraction of sp³-hybridized carbons (Fsp3) is 0.471. The summed E-state index contributed by atoms with van der Waals surface area (Å²) in [5.74, 6) is 0. The Hall–Kier alpha value is -1.85. The number of hydrogen-bond acceptors (Lipinski definition) is 3. The van der Waals surface area contributed by atoms with Crippen molar-refractivity contribution in [3.63, 3.8) is 0 Å². The van der Waals surface area contributed by atoms with Crippen LogP contribution in [-0.2, 0) is 11.3 Å². The smallest absolute Gasteiger partial charge is 0.271 e. The summed E-state index contributed by atoms with van der Waals surface area (Å²) >= 11 is 0. The highest BCUT2D eigenvalue weighted by molar-refractivity contribution is 5.30. The predicted octanol–water partition coefficient (Wildman–Crippen LogP) is 2.84. The molecule has 2 rings (SSSR count). The lowest BCUT2D eigenvalue weighted by Crippen LogP contribution is -2.13. The Balaban J connectivity index is 0.000000541. The van der Waals surface area contributed by atoms with Crippen molar-refractivity contribution in [2.45, 2.75) is 39.7 Å². The highest BCUT2D eigenvalue weighted by atomic mass is 16.5. The molecule has 0 aliphatic carbocycles. The first kappa shape index (κ1) is 18.2. The monoisotopic (exact) mass is 305 g/mol. The second-order valence-electron chi connectivity index (χ2n) is 4.99. The second kappa shape index (κ2) is 10.8. The molecular weight excluding hydrogens is 278 g/mol. The molecule has 0 aliphatic rings. The van der Waals surface area contributed by atoms with Crippen molar-refractivity contribution in [2.24, 2.45) is 5.73 Å². The molecule has 1 aromatic heterocycles. The van der Waals surface area contributed by atoms with Gasteiger partial charge in [0.1, 0.15) is 0 Å². The summed E-state index contributed by atoms with van der Waals surface area (Å²) in [6.07, 6.45) is 3.26.